The number of halogens is 1. The maximum atomic E-state index is 12.2. The molecule has 2 aromatic rings. The first kappa shape index (κ1) is 19.4. The summed E-state index contributed by atoms with van der Waals surface area (Å²) in [6.45, 7) is 1.60. The number of para-hydroxylation sites is 2. The zero-order valence-electron chi connectivity index (χ0n) is 13.9. The second-order valence-electron chi connectivity index (χ2n) is 5.37. The van der Waals surface area contributed by atoms with Crippen LogP contribution in [0, 0.1) is 10.1 Å². The van der Waals surface area contributed by atoms with Crippen molar-refractivity contribution in [3.8, 4) is 0 Å². The second-order valence-corrected chi connectivity index (χ2v) is 6.29. The number of nitro groups is 1. The quantitative estimate of drug-likeness (QED) is 0.466. The number of rotatable bonds is 7. The number of nitrogens with one attached hydrogen (secondary N) is 3. The van der Waals surface area contributed by atoms with Crippen LogP contribution in [-0.2, 0) is 9.59 Å². The highest BCUT2D eigenvalue weighted by Crippen LogP contribution is 2.26. The van der Waals surface area contributed by atoms with Crippen LogP contribution in [0.15, 0.2) is 46.9 Å². The molecule has 8 nitrogen and oxygen atoms in total. The Morgan fingerprint density at radius 1 is 1.08 bits per heavy atom. The van der Waals surface area contributed by atoms with Gasteiger partial charge >= 0.3 is 0 Å². The number of nitrogens with zero attached hydrogens (tertiary/aromatic N) is 1. The van der Waals surface area contributed by atoms with Crippen LogP contribution in [0.2, 0.25) is 0 Å². The Bertz CT molecular complexity index is 841. The number of anilines is 3. The summed E-state index contributed by atoms with van der Waals surface area (Å²) in [6.07, 6.45) is 0.0953. The summed E-state index contributed by atoms with van der Waals surface area (Å²) in [5.74, 6) is -0.540. The lowest BCUT2D eigenvalue weighted by Crippen LogP contribution is -2.18. The molecular weight excluding hydrogens is 404 g/mol. The lowest BCUT2D eigenvalue weighted by atomic mass is 10.2. The monoisotopic (exact) mass is 420 g/mol. The van der Waals surface area contributed by atoms with Gasteiger partial charge in [-0.05, 0) is 24.3 Å². The molecule has 3 N–H and O–H groups in total. The van der Waals surface area contributed by atoms with E-state index < -0.39 is 4.92 Å². The maximum Gasteiger partial charge on any atom is 0.292 e. The van der Waals surface area contributed by atoms with Gasteiger partial charge in [0.1, 0.15) is 5.69 Å². The maximum absolute atomic E-state index is 12.2. The molecule has 0 radical (unpaired) electrons. The highest BCUT2D eigenvalue weighted by atomic mass is 79.9. The summed E-state index contributed by atoms with van der Waals surface area (Å²) in [6, 6.07) is 11.3. The third-order valence-corrected chi connectivity index (χ3v) is 3.83. The van der Waals surface area contributed by atoms with E-state index in [1.807, 2.05) is 0 Å². The molecule has 0 saturated heterocycles. The predicted octanol–water partition coefficient (Wildman–Crippen LogP) is 3.76. The molecule has 0 saturated carbocycles. The van der Waals surface area contributed by atoms with E-state index in [1.165, 1.54) is 13.0 Å². The van der Waals surface area contributed by atoms with Crippen LogP contribution in [-0.4, -0.2) is 23.3 Å². The Morgan fingerprint density at radius 3 is 2.50 bits per heavy atom. The van der Waals surface area contributed by atoms with E-state index in [-0.39, 0.29) is 30.5 Å². The molecule has 0 aliphatic heterocycles. The molecule has 0 atom stereocenters. The molecule has 0 aromatic heterocycles. The fourth-order valence-corrected chi connectivity index (χ4v) is 2.59. The van der Waals surface area contributed by atoms with Gasteiger partial charge in [-0.25, -0.2) is 0 Å². The molecule has 0 fully saturated rings. The third kappa shape index (κ3) is 5.55. The molecule has 136 valence electrons. The van der Waals surface area contributed by atoms with Gasteiger partial charge in [0.2, 0.25) is 11.8 Å². The summed E-state index contributed by atoms with van der Waals surface area (Å²) >= 11 is 3.32. The van der Waals surface area contributed by atoms with Crippen molar-refractivity contribution in [1.82, 2.24) is 0 Å². The van der Waals surface area contributed by atoms with Crippen molar-refractivity contribution in [2.24, 2.45) is 0 Å². The molecule has 0 spiro atoms. The van der Waals surface area contributed by atoms with E-state index in [9.17, 15) is 19.7 Å². The van der Waals surface area contributed by atoms with Crippen LogP contribution in [0.5, 0.6) is 0 Å². The highest BCUT2D eigenvalue weighted by Gasteiger charge is 2.13. The molecular formula is C17H17BrN4O4. The molecule has 0 aliphatic carbocycles. The van der Waals surface area contributed by atoms with Crippen LogP contribution in [0.3, 0.4) is 0 Å². The van der Waals surface area contributed by atoms with Crippen LogP contribution in [0.1, 0.15) is 13.3 Å². The first-order valence-corrected chi connectivity index (χ1v) is 8.50. The lowest BCUT2D eigenvalue weighted by Gasteiger charge is -2.12. The van der Waals surface area contributed by atoms with Crippen molar-refractivity contribution in [1.29, 1.82) is 0 Å². The van der Waals surface area contributed by atoms with Crippen molar-refractivity contribution >= 4 is 50.5 Å². The smallest absolute Gasteiger partial charge is 0.292 e. The van der Waals surface area contributed by atoms with Gasteiger partial charge in [0.15, 0.2) is 0 Å². The minimum atomic E-state index is -0.483. The van der Waals surface area contributed by atoms with Crippen LogP contribution < -0.4 is 16.0 Å². The highest BCUT2D eigenvalue weighted by molar-refractivity contribution is 9.10. The Morgan fingerprint density at radius 2 is 1.81 bits per heavy atom. The summed E-state index contributed by atoms with van der Waals surface area (Å²) < 4.78 is 0.750. The number of amides is 2. The largest absolute Gasteiger partial charge is 0.379 e. The Labute approximate surface area is 158 Å². The Balaban J connectivity index is 1.97. The van der Waals surface area contributed by atoms with Crippen molar-refractivity contribution in [3.05, 3.63) is 57.1 Å². The minimum absolute atomic E-state index is 0.0483. The van der Waals surface area contributed by atoms with Gasteiger partial charge in [-0.2, -0.15) is 0 Å². The molecule has 2 amide bonds. The normalized spacial score (nSPS) is 10.1. The first-order chi connectivity index (χ1) is 12.4. The van der Waals surface area contributed by atoms with Crippen LogP contribution >= 0.6 is 15.9 Å². The number of nitro benzene ring substituents is 1. The van der Waals surface area contributed by atoms with Gasteiger partial charge in [-0.15, -0.1) is 0 Å². The lowest BCUT2D eigenvalue weighted by molar-refractivity contribution is -0.384. The number of carbonyl (C=O) groups excluding carboxylic acids is 2. The standard InChI is InChI=1S/C17H17BrN4O4/c1-11(23)20-13-7-6-12(18)10-15(13)21-17(24)8-9-19-14-4-2-3-5-16(14)22(25)26/h2-7,10,19H,8-9H2,1H3,(H,20,23)(H,21,24). The summed E-state index contributed by atoms with van der Waals surface area (Å²) in [5.41, 5.74) is 1.26. The number of hydrogen-bond donors (Lipinski definition) is 3. The topological polar surface area (TPSA) is 113 Å². The fraction of sp³-hybridized carbons (Fsp3) is 0.176. The number of benzene rings is 2. The zero-order valence-corrected chi connectivity index (χ0v) is 15.5. The van der Waals surface area contributed by atoms with Gasteiger partial charge in [0, 0.05) is 30.4 Å². The number of hydrogen-bond acceptors (Lipinski definition) is 5. The Kier molecular flexibility index (Phi) is 6.67. The summed E-state index contributed by atoms with van der Waals surface area (Å²) in [4.78, 5) is 33.9. The molecule has 0 heterocycles. The van der Waals surface area contributed by atoms with E-state index in [0.29, 0.717) is 17.1 Å². The van der Waals surface area contributed by atoms with E-state index in [1.54, 1.807) is 36.4 Å². The molecule has 2 aromatic carbocycles. The zero-order chi connectivity index (χ0) is 19.1. The minimum Gasteiger partial charge on any atom is -0.379 e. The SMILES string of the molecule is CC(=O)Nc1ccc(Br)cc1NC(=O)CCNc1ccccc1[N+](=O)[O-]. The molecule has 0 aliphatic rings. The van der Waals surface area contributed by atoms with E-state index in [4.69, 9.17) is 0 Å². The molecule has 0 unspecified atom stereocenters. The van der Waals surface area contributed by atoms with E-state index >= 15 is 0 Å². The molecule has 2 rings (SSSR count). The van der Waals surface area contributed by atoms with Gasteiger partial charge in [0.05, 0.1) is 16.3 Å². The van der Waals surface area contributed by atoms with E-state index in [0.717, 1.165) is 4.47 Å². The molecule has 9 heteroatoms. The average Bonchev–Trinajstić information content (AvgIpc) is 2.57. The van der Waals surface area contributed by atoms with Gasteiger partial charge < -0.3 is 16.0 Å². The molecule has 0 bridgehead atoms. The fourth-order valence-electron chi connectivity index (χ4n) is 2.22. The summed E-state index contributed by atoms with van der Waals surface area (Å²) in [7, 11) is 0. The van der Waals surface area contributed by atoms with Crippen molar-refractivity contribution in [3.63, 3.8) is 0 Å². The second kappa shape index (κ2) is 8.95. The molecule has 26 heavy (non-hydrogen) atoms. The average molecular weight is 421 g/mol. The van der Waals surface area contributed by atoms with Crippen molar-refractivity contribution in [2.75, 3.05) is 22.5 Å². The van der Waals surface area contributed by atoms with Crippen LogP contribution in [0.25, 0.3) is 0 Å². The number of carbonyl (C=O) groups is 2. The van der Waals surface area contributed by atoms with E-state index in [2.05, 4.69) is 31.9 Å². The first-order valence-electron chi connectivity index (χ1n) is 7.71. The van der Waals surface area contributed by atoms with Crippen LogP contribution in [0.4, 0.5) is 22.7 Å². The summed E-state index contributed by atoms with van der Waals surface area (Å²) in [5, 5.41) is 19.2. The Hall–Kier alpha value is -2.94. The van der Waals surface area contributed by atoms with Crippen molar-refractivity contribution in [2.45, 2.75) is 13.3 Å². The van der Waals surface area contributed by atoms with Gasteiger partial charge in [-0.3, -0.25) is 19.7 Å². The van der Waals surface area contributed by atoms with Crippen molar-refractivity contribution < 1.29 is 14.5 Å². The third-order valence-electron chi connectivity index (χ3n) is 3.33. The van der Waals surface area contributed by atoms with Gasteiger partial charge in [-0.1, -0.05) is 28.1 Å². The predicted molar refractivity (Wildman–Crippen MR) is 103 cm³/mol. The van der Waals surface area contributed by atoms with Gasteiger partial charge in [0.25, 0.3) is 5.69 Å².